The molecule has 1 aromatic rings. The van der Waals surface area contributed by atoms with Gasteiger partial charge in [-0.1, -0.05) is 26.0 Å². The Bertz CT molecular complexity index is 580. The van der Waals surface area contributed by atoms with Crippen molar-refractivity contribution >= 4 is 9.84 Å². The zero-order valence-electron chi connectivity index (χ0n) is 13.5. The van der Waals surface area contributed by atoms with Crippen LogP contribution in [0.5, 0.6) is 0 Å². The van der Waals surface area contributed by atoms with Gasteiger partial charge in [0.25, 0.3) is 0 Å². The van der Waals surface area contributed by atoms with Gasteiger partial charge < -0.3 is 5.32 Å². The van der Waals surface area contributed by atoms with Gasteiger partial charge in [-0.25, -0.2) is 8.42 Å². The first-order valence-electron chi connectivity index (χ1n) is 7.84. The molecule has 0 saturated heterocycles. The highest BCUT2D eigenvalue weighted by Gasteiger charge is 2.39. The normalized spacial score (nSPS) is 27.0. The van der Waals surface area contributed by atoms with Gasteiger partial charge in [0.1, 0.15) is 0 Å². The smallest absolute Gasteiger partial charge is 0.182 e. The van der Waals surface area contributed by atoms with E-state index in [1.807, 2.05) is 26.1 Å². The third-order valence-electron chi connectivity index (χ3n) is 4.86. The van der Waals surface area contributed by atoms with Gasteiger partial charge in [0, 0.05) is 6.04 Å². The van der Waals surface area contributed by atoms with Crippen molar-refractivity contribution in [3.8, 4) is 0 Å². The van der Waals surface area contributed by atoms with Crippen molar-refractivity contribution in [2.24, 2.45) is 11.8 Å². The lowest BCUT2D eigenvalue weighted by atomic mass is 9.79. The maximum absolute atomic E-state index is 13.0. The summed E-state index contributed by atoms with van der Waals surface area (Å²) in [6.45, 7) is 6.33. The largest absolute Gasteiger partial charge is 0.316 e. The summed E-state index contributed by atoms with van der Waals surface area (Å²) >= 11 is 0. The second-order valence-corrected chi connectivity index (χ2v) is 8.78. The number of rotatable bonds is 4. The van der Waals surface area contributed by atoms with Crippen molar-refractivity contribution in [2.45, 2.75) is 56.2 Å². The molecule has 3 nitrogen and oxygen atoms in total. The predicted molar refractivity (Wildman–Crippen MR) is 87.2 cm³/mol. The molecule has 0 aliphatic heterocycles. The van der Waals surface area contributed by atoms with Crippen molar-refractivity contribution in [3.05, 3.63) is 29.8 Å². The van der Waals surface area contributed by atoms with E-state index in [4.69, 9.17) is 0 Å². The Morgan fingerprint density at radius 3 is 2.52 bits per heavy atom. The van der Waals surface area contributed by atoms with Gasteiger partial charge in [0.05, 0.1) is 10.1 Å². The topological polar surface area (TPSA) is 46.2 Å². The van der Waals surface area contributed by atoms with Crippen molar-refractivity contribution in [3.63, 3.8) is 0 Å². The molecule has 21 heavy (non-hydrogen) atoms. The van der Waals surface area contributed by atoms with Crippen LogP contribution in [0.15, 0.2) is 29.2 Å². The van der Waals surface area contributed by atoms with Crippen LogP contribution in [0.3, 0.4) is 0 Å². The van der Waals surface area contributed by atoms with E-state index in [2.05, 4.69) is 19.2 Å². The zero-order chi connectivity index (χ0) is 15.6. The summed E-state index contributed by atoms with van der Waals surface area (Å²) in [7, 11) is -1.40. The van der Waals surface area contributed by atoms with Gasteiger partial charge in [-0.2, -0.15) is 0 Å². The van der Waals surface area contributed by atoms with Crippen LogP contribution >= 0.6 is 0 Å². The molecule has 0 radical (unpaired) electrons. The molecular formula is C17H27NO2S. The molecular weight excluding hydrogens is 282 g/mol. The third kappa shape index (κ3) is 3.49. The molecule has 0 heterocycles. The second-order valence-electron chi connectivity index (χ2n) is 6.61. The molecule has 118 valence electrons. The van der Waals surface area contributed by atoms with Crippen LogP contribution in [-0.2, 0) is 9.84 Å². The Kier molecular flexibility index (Phi) is 5.10. The molecule has 2 rings (SSSR count). The standard InChI is InChI=1S/C17H27NO2S/c1-12(2)14-8-9-16(18-4)17(11-14)21(19,20)15-7-5-6-13(3)10-15/h5-7,10,12,14,16-18H,8-9,11H2,1-4H3. The van der Waals surface area contributed by atoms with Crippen molar-refractivity contribution < 1.29 is 8.42 Å². The highest BCUT2D eigenvalue weighted by Crippen LogP contribution is 2.35. The van der Waals surface area contributed by atoms with Crippen molar-refractivity contribution in [2.75, 3.05) is 7.05 Å². The molecule has 1 N–H and O–H groups in total. The van der Waals surface area contributed by atoms with E-state index in [9.17, 15) is 8.42 Å². The quantitative estimate of drug-likeness (QED) is 0.929. The first-order valence-corrected chi connectivity index (χ1v) is 9.38. The van der Waals surface area contributed by atoms with Crippen LogP contribution in [0, 0.1) is 18.8 Å². The Morgan fingerprint density at radius 1 is 1.24 bits per heavy atom. The van der Waals surface area contributed by atoms with Crippen LogP contribution < -0.4 is 5.32 Å². The van der Waals surface area contributed by atoms with E-state index < -0.39 is 9.84 Å². The van der Waals surface area contributed by atoms with E-state index in [0.29, 0.717) is 16.7 Å². The molecule has 0 spiro atoms. The minimum atomic E-state index is -3.27. The maximum atomic E-state index is 13.0. The molecule has 0 amide bonds. The van der Waals surface area contributed by atoms with Crippen LogP contribution in [0.1, 0.15) is 38.7 Å². The fraction of sp³-hybridized carbons (Fsp3) is 0.647. The number of hydrogen-bond donors (Lipinski definition) is 1. The van der Waals surface area contributed by atoms with Crippen LogP contribution in [-0.4, -0.2) is 26.8 Å². The maximum Gasteiger partial charge on any atom is 0.182 e. The van der Waals surface area contributed by atoms with E-state index in [1.165, 1.54) is 0 Å². The summed E-state index contributed by atoms with van der Waals surface area (Å²) in [4.78, 5) is 0.470. The number of sulfone groups is 1. The SMILES string of the molecule is CNC1CCC(C(C)C)CC1S(=O)(=O)c1cccc(C)c1. The fourth-order valence-electron chi connectivity index (χ4n) is 3.41. The summed E-state index contributed by atoms with van der Waals surface area (Å²) in [5.41, 5.74) is 0.994. The molecule has 1 fully saturated rings. The predicted octanol–water partition coefficient (Wildman–Crippen LogP) is 3.18. The number of hydrogen-bond acceptors (Lipinski definition) is 3. The monoisotopic (exact) mass is 309 g/mol. The Morgan fingerprint density at radius 2 is 1.95 bits per heavy atom. The molecule has 1 aliphatic carbocycles. The highest BCUT2D eigenvalue weighted by molar-refractivity contribution is 7.92. The van der Waals surface area contributed by atoms with Crippen molar-refractivity contribution in [1.29, 1.82) is 0 Å². The van der Waals surface area contributed by atoms with Gasteiger partial charge >= 0.3 is 0 Å². The van der Waals surface area contributed by atoms with Gasteiger partial charge in [-0.3, -0.25) is 0 Å². The first-order chi connectivity index (χ1) is 9.86. The average molecular weight is 309 g/mol. The van der Waals surface area contributed by atoms with Crippen LogP contribution in [0.2, 0.25) is 0 Å². The summed E-state index contributed by atoms with van der Waals surface area (Å²) in [6, 6.07) is 7.35. The fourth-order valence-corrected chi connectivity index (χ4v) is 5.58. The first kappa shape index (κ1) is 16.5. The number of benzene rings is 1. The van der Waals surface area contributed by atoms with Gasteiger partial charge in [-0.15, -0.1) is 0 Å². The van der Waals surface area contributed by atoms with E-state index in [1.54, 1.807) is 12.1 Å². The molecule has 1 aliphatic rings. The van der Waals surface area contributed by atoms with E-state index in [0.717, 1.165) is 24.8 Å². The number of aryl methyl sites for hydroxylation is 1. The Labute approximate surface area is 129 Å². The lowest BCUT2D eigenvalue weighted by molar-refractivity contribution is 0.246. The van der Waals surface area contributed by atoms with Gasteiger partial charge in [0.15, 0.2) is 9.84 Å². The number of nitrogens with one attached hydrogen (secondary N) is 1. The van der Waals surface area contributed by atoms with Crippen molar-refractivity contribution in [1.82, 2.24) is 5.32 Å². The van der Waals surface area contributed by atoms with Gasteiger partial charge in [-0.05, 0) is 62.8 Å². The molecule has 3 atom stereocenters. The Balaban J connectivity index is 2.35. The van der Waals surface area contributed by atoms with Gasteiger partial charge in [0.2, 0.25) is 0 Å². The molecule has 4 heteroatoms. The molecule has 1 aromatic carbocycles. The van der Waals surface area contributed by atoms with Crippen LogP contribution in [0.25, 0.3) is 0 Å². The summed E-state index contributed by atoms with van der Waals surface area (Å²) < 4.78 is 26.1. The molecule has 3 unspecified atom stereocenters. The molecule has 0 aromatic heterocycles. The van der Waals surface area contributed by atoms with E-state index in [-0.39, 0.29) is 11.3 Å². The third-order valence-corrected chi connectivity index (χ3v) is 7.09. The lowest BCUT2D eigenvalue weighted by Crippen LogP contribution is -2.47. The van der Waals surface area contributed by atoms with E-state index >= 15 is 0 Å². The molecule has 1 saturated carbocycles. The summed E-state index contributed by atoms with van der Waals surface area (Å²) in [6.07, 6.45) is 2.82. The second kappa shape index (κ2) is 6.49. The minimum absolute atomic E-state index is 0.0607. The zero-order valence-corrected chi connectivity index (χ0v) is 14.3. The molecule has 0 bridgehead atoms. The summed E-state index contributed by atoms with van der Waals surface area (Å²) in [5.74, 6) is 1.04. The lowest BCUT2D eigenvalue weighted by Gasteiger charge is -2.37. The summed E-state index contributed by atoms with van der Waals surface area (Å²) in [5, 5.41) is 2.91. The van der Waals surface area contributed by atoms with Crippen LogP contribution in [0.4, 0.5) is 0 Å². The average Bonchev–Trinajstić information content (AvgIpc) is 2.46. The minimum Gasteiger partial charge on any atom is -0.316 e. The highest BCUT2D eigenvalue weighted by atomic mass is 32.2. The Hall–Kier alpha value is -0.870.